The van der Waals surface area contributed by atoms with E-state index in [4.69, 9.17) is 5.84 Å². The monoisotopic (exact) mass is 285 g/mol. The van der Waals surface area contributed by atoms with Crippen LogP contribution in [0.1, 0.15) is 22.7 Å². The Morgan fingerprint density at radius 3 is 2.45 bits per heavy atom. The summed E-state index contributed by atoms with van der Waals surface area (Å²) in [6.45, 7) is 0. The van der Waals surface area contributed by atoms with Gasteiger partial charge in [0.25, 0.3) is 0 Å². The summed E-state index contributed by atoms with van der Waals surface area (Å²) in [6, 6.07) is 5.35. The van der Waals surface area contributed by atoms with E-state index < -0.39 is 23.6 Å². The average Bonchev–Trinajstić information content (AvgIpc) is 2.41. The van der Waals surface area contributed by atoms with Gasteiger partial charge < -0.3 is 0 Å². The summed E-state index contributed by atoms with van der Waals surface area (Å²) < 4.78 is 52.1. The lowest BCUT2D eigenvalue weighted by atomic mass is 9.98. The summed E-state index contributed by atoms with van der Waals surface area (Å²) in [5.41, 5.74) is 1.27. The number of benzene rings is 1. The number of pyridine rings is 1. The second-order valence-corrected chi connectivity index (χ2v) is 4.09. The Morgan fingerprint density at radius 1 is 1.15 bits per heavy atom. The minimum atomic E-state index is -4.76. The summed E-state index contributed by atoms with van der Waals surface area (Å²) in [4.78, 5) is 3.84. The molecule has 7 heteroatoms. The molecule has 2 aromatic rings. The lowest BCUT2D eigenvalue weighted by Gasteiger charge is -2.19. The van der Waals surface area contributed by atoms with Crippen LogP contribution in [0.25, 0.3) is 0 Å². The van der Waals surface area contributed by atoms with Crippen LogP contribution in [0.4, 0.5) is 17.6 Å². The Hall–Kier alpha value is -1.99. The molecule has 3 N–H and O–H groups in total. The zero-order valence-electron chi connectivity index (χ0n) is 10.2. The molecule has 0 aliphatic carbocycles. The van der Waals surface area contributed by atoms with Gasteiger partial charge in [0.1, 0.15) is 5.82 Å². The van der Waals surface area contributed by atoms with E-state index in [1.807, 2.05) is 0 Å². The van der Waals surface area contributed by atoms with E-state index in [-0.39, 0.29) is 5.56 Å². The molecule has 0 bridgehead atoms. The fraction of sp³-hybridized carbons (Fsp3) is 0.154. The first kappa shape index (κ1) is 14.4. The second-order valence-electron chi connectivity index (χ2n) is 4.09. The van der Waals surface area contributed by atoms with Gasteiger partial charge in [-0.3, -0.25) is 10.8 Å². The van der Waals surface area contributed by atoms with Crippen LogP contribution < -0.4 is 11.3 Å². The Bertz CT molecular complexity index is 584. The van der Waals surface area contributed by atoms with Gasteiger partial charge >= 0.3 is 6.18 Å². The SMILES string of the molecule is NNC(c1cccnc1)c1cccc(C(F)(F)F)c1F. The molecule has 0 spiro atoms. The third-order valence-electron chi connectivity index (χ3n) is 2.83. The van der Waals surface area contributed by atoms with Gasteiger partial charge in [-0.15, -0.1) is 0 Å². The highest BCUT2D eigenvalue weighted by Gasteiger charge is 2.35. The number of nitrogens with two attached hydrogens (primary N) is 1. The standard InChI is InChI=1S/C13H11F4N3/c14-11-9(4-1-5-10(11)13(15,16)17)12(20-18)8-3-2-6-19-7-8/h1-7,12,20H,18H2. The van der Waals surface area contributed by atoms with Crippen molar-refractivity contribution in [3.05, 3.63) is 65.2 Å². The maximum Gasteiger partial charge on any atom is 0.419 e. The normalized spacial score (nSPS) is 13.2. The van der Waals surface area contributed by atoms with Crippen molar-refractivity contribution in [2.24, 2.45) is 5.84 Å². The van der Waals surface area contributed by atoms with Crippen molar-refractivity contribution in [3.8, 4) is 0 Å². The molecule has 0 aliphatic heterocycles. The zero-order chi connectivity index (χ0) is 14.8. The lowest BCUT2D eigenvalue weighted by molar-refractivity contribution is -0.140. The van der Waals surface area contributed by atoms with E-state index in [9.17, 15) is 17.6 Å². The predicted octanol–water partition coefficient (Wildman–Crippen LogP) is 2.79. The molecule has 0 radical (unpaired) electrons. The van der Waals surface area contributed by atoms with Crippen molar-refractivity contribution in [1.29, 1.82) is 0 Å². The van der Waals surface area contributed by atoms with Crippen molar-refractivity contribution < 1.29 is 17.6 Å². The maximum atomic E-state index is 14.1. The third kappa shape index (κ3) is 2.78. The first-order chi connectivity index (χ1) is 9.45. The van der Waals surface area contributed by atoms with Gasteiger partial charge in [0, 0.05) is 18.0 Å². The summed E-state index contributed by atoms with van der Waals surface area (Å²) in [5.74, 6) is 4.00. The van der Waals surface area contributed by atoms with Crippen LogP contribution in [0.15, 0.2) is 42.7 Å². The van der Waals surface area contributed by atoms with Crippen molar-refractivity contribution in [3.63, 3.8) is 0 Å². The van der Waals surface area contributed by atoms with Crippen LogP contribution in [0.5, 0.6) is 0 Å². The predicted molar refractivity (Wildman–Crippen MR) is 64.8 cm³/mol. The van der Waals surface area contributed by atoms with E-state index in [0.29, 0.717) is 11.6 Å². The van der Waals surface area contributed by atoms with E-state index >= 15 is 0 Å². The van der Waals surface area contributed by atoms with Crippen molar-refractivity contribution >= 4 is 0 Å². The number of nitrogens with one attached hydrogen (secondary N) is 1. The molecule has 3 nitrogen and oxygen atoms in total. The smallest absolute Gasteiger partial charge is 0.271 e. The Balaban J connectivity index is 2.52. The van der Waals surface area contributed by atoms with Gasteiger partial charge in [0.2, 0.25) is 0 Å². The van der Waals surface area contributed by atoms with Gasteiger partial charge in [-0.2, -0.15) is 13.2 Å². The molecule has 0 saturated heterocycles. The Labute approximate surface area is 112 Å². The van der Waals surface area contributed by atoms with Gasteiger partial charge in [-0.1, -0.05) is 18.2 Å². The highest BCUT2D eigenvalue weighted by molar-refractivity contribution is 5.35. The van der Waals surface area contributed by atoms with Gasteiger partial charge in [-0.05, 0) is 17.7 Å². The molecule has 106 valence electrons. The number of aromatic nitrogens is 1. The molecule has 1 aromatic carbocycles. The van der Waals surface area contributed by atoms with Crippen LogP contribution >= 0.6 is 0 Å². The molecular weight excluding hydrogens is 274 g/mol. The van der Waals surface area contributed by atoms with Crippen molar-refractivity contribution in [2.45, 2.75) is 12.2 Å². The fourth-order valence-electron chi connectivity index (χ4n) is 1.90. The van der Waals surface area contributed by atoms with Gasteiger partial charge in [0.15, 0.2) is 0 Å². The topological polar surface area (TPSA) is 50.9 Å². The molecule has 1 heterocycles. The highest BCUT2D eigenvalue weighted by atomic mass is 19.4. The summed E-state index contributed by atoms with van der Waals surface area (Å²) >= 11 is 0. The van der Waals surface area contributed by atoms with Crippen molar-refractivity contribution in [2.75, 3.05) is 0 Å². The first-order valence-corrected chi connectivity index (χ1v) is 5.67. The Morgan fingerprint density at radius 2 is 1.90 bits per heavy atom. The maximum absolute atomic E-state index is 14.1. The third-order valence-corrected chi connectivity index (χ3v) is 2.83. The number of hydrogen-bond acceptors (Lipinski definition) is 3. The van der Waals surface area contributed by atoms with E-state index in [0.717, 1.165) is 6.07 Å². The molecule has 0 aliphatic rings. The molecular formula is C13H11F4N3. The average molecular weight is 285 g/mol. The minimum Gasteiger partial charge on any atom is -0.271 e. The molecule has 20 heavy (non-hydrogen) atoms. The number of hydrogen-bond donors (Lipinski definition) is 2. The number of halogens is 4. The van der Waals surface area contributed by atoms with Crippen LogP contribution in [-0.4, -0.2) is 4.98 Å². The highest BCUT2D eigenvalue weighted by Crippen LogP contribution is 2.34. The van der Waals surface area contributed by atoms with Crippen LogP contribution in [-0.2, 0) is 6.18 Å². The largest absolute Gasteiger partial charge is 0.419 e. The van der Waals surface area contributed by atoms with E-state index in [1.54, 1.807) is 12.1 Å². The second kappa shape index (κ2) is 5.56. The lowest BCUT2D eigenvalue weighted by Crippen LogP contribution is -2.30. The Kier molecular flexibility index (Phi) is 4.01. The van der Waals surface area contributed by atoms with Gasteiger partial charge in [-0.25, -0.2) is 9.82 Å². The molecule has 0 saturated carbocycles. The molecule has 0 amide bonds. The summed E-state index contributed by atoms with van der Waals surface area (Å²) in [5, 5.41) is 0. The van der Waals surface area contributed by atoms with E-state index in [2.05, 4.69) is 10.4 Å². The number of hydrazine groups is 1. The van der Waals surface area contributed by atoms with Gasteiger partial charge in [0.05, 0.1) is 11.6 Å². The minimum absolute atomic E-state index is 0.185. The summed E-state index contributed by atoms with van der Waals surface area (Å²) in [7, 11) is 0. The fourth-order valence-corrected chi connectivity index (χ4v) is 1.90. The zero-order valence-corrected chi connectivity index (χ0v) is 10.2. The number of alkyl halides is 3. The molecule has 1 atom stereocenters. The van der Waals surface area contributed by atoms with Crippen molar-refractivity contribution in [1.82, 2.24) is 10.4 Å². The molecule has 0 fully saturated rings. The molecule has 2 rings (SSSR count). The first-order valence-electron chi connectivity index (χ1n) is 5.67. The number of rotatable bonds is 3. The number of nitrogens with zero attached hydrogens (tertiary/aromatic N) is 1. The quantitative estimate of drug-likeness (QED) is 0.518. The summed E-state index contributed by atoms with van der Waals surface area (Å²) in [6.07, 6.45) is -1.85. The molecule has 1 aromatic heterocycles. The van der Waals surface area contributed by atoms with Crippen LogP contribution in [0, 0.1) is 5.82 Å². The van der Waals surface area contributed by atoms with Crippen LogP contribution in [0.2, 0.25) is 0 Å². The molecule has 1 unspecified atom stereocenters. The van der Waals surface area contributed by atoms with E-state index in [1.165, 1.54) is 18.5 Å². The van der Waals surface area contributed by atoms with Crippen LogP contribution in [0.3, 0.4) is 0 Å².